The third kappa shape index (κ3) is 3.45. The molecule has 146 valence electrons. The van der Waals surface area contributed by atoms with Gasteiger partial charge in [0.25, 0.3) is 0 Å². The number of aliphatic hydroxyl groups excluding tert-OH is 5. The molecule has 0 radical (unpaired) electrons. The first kappa shape index (κ1) is 19.1. The van der Waals surface area contributed by atoms with Crippen molar-refractivity contribution in [1.82, 2.24) is 9.55 Å². The molecule has 2 aliphatic rings. The van der Waals surface area contributed by atoms with Gasteiger partial charge in [0.05, 0.1) is 13.2 Å². The van der Waals surface area contributed by atoms with E-state index in [9.17, 15) is 30.3 Å². The van der Waals surface area contributed by atoms with Crippen LogP contribution in [-0.4, -0.2) is 91.2 Å². The largest absolute Gasteiger partial charge is 0.394 e. The Labute approximate surface area is 147 Å². The Hall–Kier alpha value is -1.64. The fraction of sp³-hybridized carbons (Fsp3) is 0.714. The lowest BCUT2D eigenvalue weighted by Crippen LogP contribution is -2.56. The number of aliphatic hydroxyl groups is 5. The van der Waals surface area contributed by atoms with Crippen molar-refractivity contribution in [2.75, 3.05) is 18.9 Å². The molecular formula is C14H21N3O9. The molecule has 7 N–H and O–H groups in total. The predicted molar refractivity (Wildman–Crippen MR) is 82.5 cm³/mol. The van der Waals surface area contributed by atoms with Crippen LogP contribution < -0.4 is 11.4 Å². The summed E-state index contributed by atoms with van der Waals surface area (Å²) in [7, 11) is 0. The first-order chi connectivity index (χ1) is 12.3. The van der Waals surface area contributed by atoms with Crippen LogP contribution in [0.1, 0.15) is 6.23 Å². The van der Waals surface area contributed by atoms with E-state index in [-0.39, 0.29) is 12.4 Å². The van der Waals surface area contributed by atoms with Crippen LogP contribution in [0.15, 0.2) is 17.1 Å². The topological polar surface area (TPSA) is 190 Å². The summed E-state index contributed by atoms with van der Waals surface area (Å²) in [5.41, 5.74) is 4.66. The highest BCUT2D eigenvalue weighted by atomic mass is 16.7. The monoisotopic (exact) mass is 375 g/mol. The molecule has 0 amide bonds. The van der Waals surface area contributed by atoms with Crippen molar-refractivity contribution in [2.45, 2.75) is 49.1 Å². The smallest absolute Gasteiger partial charge is 0.351 e. The second-order valence-electron chi connectivity index (χ2n) is 6.13. The minimum Gasteiger partial charge on any atom is -0.394 e. The first-order valence-corrected chi connectivity index (χ1v) is 7.93. The first-order valence-electron chi connectivity index (χ1n) is 7.93. The number of aromatic nitrogens is 2. The van der Waals surface area contributed by atoms with Crippen LogP contribution in [0.3, 0.4) is 0 Å². The zero-order chi connectivity index (χ0) is 19.0. The summed E-state index contributed by atoms with van der Waals surface area (Å²) in [6, 6.07) is 1.34. The Morgan fingerprint density at radius 3 is 2.65 bits per heavy atom. The van der Waals surface area contributed by atoms with Crippen molar-refractivity contribution in [3.63, 3.8) is 0 Å². The molecule has 3 rings (SSSR count). The van der Waals surface area contributed by atoms with Crippen molar-refractivity contribution in [3.05, 3.63) is 22.7 Å². The molecule has 1 unspecified atom stereocenters. The summed E-state index contributed by atoms with van der Waals surface area (Å²) in [5.74, 6) is -0.00322. The zero-order valence-electron chi connectivity index (χ0n) is 13.5. The highest BCUT2D eigenvalue weighted by Crippen LogP contribution is 2.32. The standard InChI is InChI=1S/C14H21N3O9/c15-7-1-2-17(14(23)16-7)12-10(22)11(6(3-18)25-12)26-13-9(21)8(20)5(19)4-24-13/h1-2,5-6,8-13,18-22H,3-4H2,(H2,15,16,23)/t5-,6-,8+,9-,10-,11-,12-,13?/m1/s1. The Kier molecular flexibility index (Phi) is 5.55. The van der Waals surface area contributed by atoms with Crippen LogP contribution >= 0.6 is 0 Å². The lowest BCUT2D eigenvalue weighted by atomic mass is 10.0. The minimum atomic E-state index is -1.58. The zero-order valence-corrected chi connectivity index (χ0v) is 13.5. The molecule has 2 aliphatic heterocycles. The SMILES string of the molecule is Nc1ccn([C@@H]2O[C@H](CO)[C@@H](OC3OC[C@@H](O)[C@H](O)[C@H]3O)[C@H]2O)c(=O)n1. The maximum absolute atomic E-state index is 11.9. The maximum Gasteiger partial charge on any atom is 0.351 e. The van der Waals surface area contributed by atoms with Gasteiger partial charge in [-0.3, -0.25) is 4.57 Å². The second kappa shape index (κ2) is 7.54. The van der Waals surface area contributed by atoms with Crippen LogP contribution in [0.25, 0.3) is 0 Å². The molecule has 1 aromatic rings. The number of nitrogens with zero attached hydrogens (tertiary/aromatic N) is 2. The van der Waals surface area contributed by atoms with Crippen molar-refractivity contribution in [2.24, 2.45) is 0 Å². The van der Waals surface area contributed by atoms with Crippen molar-refractivity contribution >= 4 is 5.82 Å². The van der Waals surface area contributed by atoms with E-state index in [4.69, 9.17) is 19.9 Å². The van der Waals surface area contributed by atoms with Gasteiger partial charge in [-0.1, -0.05) is 0 Å². The van der Waals surface area contributed by atoms with E-state index in [0.717, 1.165) is 4.57 Å². The van der Waals surface area contributed by atoms with Crippen molar-refractivity contribution in [3.8, 4) is 0 Å². The second-order valence-corrected chi connectivity index (χ2v) is 6.13. The van der Waals surface area contributed by atoms with Gasteiger partial charge >= 0.3 is 5.69 Å². The summed E-state index contributed by atoms with van der Waals surface area (Å²) < 4.78 is 17.1. The lowest BCUT2D eigenvalue weighted by molar-refractivity contribution is -0.291. The number of ether oxygens (including phenoxy) is 3. The minimum absolute atomic E-state index is 0.00322. The summed E-state index contributed by atoms with van der Waals surface area (Å²) in [5, 5.41) is 49.1. The van der Waals surface area contributed by atoms with E-state index < -0.39 is 61.4 Å². The highest BCUT2D eigenvalue weighted by Gasteiger charge is 2.49. The molecule has 1 aromatic heterocycles. The van der Waals surface area contributed by atoms with Crippen LogP contribution in [0.2, 0.25) is 0 Å². The van der Waals surface area contributed by atoms with Gasteiger partial charge in [-0.05, 0) is 6.07 Å². The van der Waals surface area contributed by atoms with E-state index in [1.54, 1.807) is 0 Å². The van der Waals surface area contributed by atoms with E-state index in [0.29, 0.717) is 0 Å². The Balaban J connectivity index is 1.78. The predicted octanol–water partition coefficient (Wildman–Crippen LogP) is -4.10. The van der Waals surface area contributed by atoms with Crippen molar-refractivity contribution < 1.29 is 39.7 Å². The van der Waals surface area contributed by atoms with Gasteiger partial charge in [-0.15, -0.1) is 0 Å². The average Bonchev–Trinajstić information content (AvgIpc) is 2.91. The molecule has 0 aromatic carbocycles. The van der Waals surface area contributed by atoms with Crippen LogP contribution in [0.4, 0.5) is 5.82 Å². The summed E-state index contributed by atoms with van der Waals surface area (Å²) in [6.07, 6.45) is -9.31. The normalized spacial score (nSPS) is 40.7. The number of hydrogen-bond donors (Lipinski definition) is 6. The van der Waals surface area contributed by atoms with E-state index in [1.165, 1.54) is 12.3 Å². The van der Waals surface area contributed by atoms with Gasteiger partial charge in [-0.2, -0.15) is 4.98 Å². The molecule has 0 saturated carbocycles. The van der Waals surface area contributed by atoms with E-state index in [1.807, 2.05) is 0 Å². The van der Waals surface area contributed by atoms with Crippen LogP contribution in [0.5, 0.6) is 0 Å². The Morgan fingerprint density at radius 1 is 1.27 bits per heavy atom. The molecule has 12 heteroatoms. The quantitative estimate of drug-likeness (QED) is 0.300. The Bertz CT molecular complexity index is 686. The molecule has 0 spiro atoms. The number of nitrogen functional groups attached to an aromatic ring is 1. The fourth-order valence-electron chi connectivity index (χ4n) is 2.94. The highest BCUT2D eigenvalue weighted by molar-refractivity contribution is 5.23. The molecule has 12 nitrogen and oxygen atoms in total. The Morgan fingerprint density at radius 2 is 2.00 bits per heavy atom. The van der Waals surface area contributed by atoms with Crippen molar-refractivity contribution in [1.29, 1.82) is 0 Å². The number of anilines is 1. The van der Waals surface area contributed by atoms with Crippen LogP contribution in [-0.2, 0) is 14.2 Å². The molecule has 3 heterocycles. The number of hydrogen-bond acceptors (Lipinski definition) is 11. The van der Waals surface area contributed by atoms with Gasteiger partial charge in [-0.25, -0.2) is 4.79 Å². The van der Waals surface area contributed by atoms with E-state index >= 15 is 0 Å². The lowest BCUT2D eigenvalue weighted by Gasteiger charge is -2.37. The van der Waals surface area contributed by atoms with Gasteiger partial charge in [0.1, 0.15) is 42.4 Å². The number of nitrogens with two attached hydrogens (primary N) is 1. The summed E-state index contributed by atoms with van der Waals surface area (Å²) in [4.78, 5) is 15.5. The molecule has 0 bridgehead atoms. The summed E-state index contributed by atoms with van der Waals surface area (Å²) >= 11 is 0. The van der Waals surface area contributed by atoms with Crippen LogP contribution in [0, 0.1) is 0 Å². The fourth-order valence-corrected chi connectivity index (χ4v) is 2.94. The molecule has 2 saturated heterocycles. The van der Waals surface area contributed by atoms with Gasteiger partial charge in [0, 0.05) is 6.20 Å². The molecule has 26 heavy (non-hydrogen) atoms. The molecule has 2 fully saturated rings. The molecule has 0 aliphatic carbocycles. The third-order valence-electron chi connectivity index (χ3n) is 4.36. The number of rotatable bonds is 4. The molecule has 8 atom stereocenters. The van der Waals surface area contributed by atoms with Gasteiger partial charge in [0.15, 0.2) is 12.5 Å². The summed E-state index contributed by atoms with van der Waals surface area (Å²) in [6.45, 7) is -0.843. The average molecular weight is 375 g/mol. The third-order valence-corrected chi connectivity index (χ3v) is 4.36. The van der Waals surface area contributed by atoms with Gasteiger partial charge < -0.3 is 45.5 Å². The van der Waals surface area contributed by atoms with Gasteiger partial charge in [0.2, 0.25) is 0 Å². The van der Waals surface area contributed by atoms with E-state index in [2.05, 4.69) is 4.98 Å². The molecular weight excluding hydrogens is 354 g/mol. The maximum atomic E-state index is 11.9.